The molecule has 5 heterocycles. The third-order valence-electron chi connectivity index (χ3n) is 8.70. The summed E-state index contributed by atoms with van der Waals surface area (Å²) in [5.74, 6) is 5.02. The van der Waals surface area contributed by atoms with Crippen molar-refractivity contribution in [2.24, 2.45) is 5.92 Å². The number of aliphatic hydroxyl groups is 2. The third-order valence-corrected chi connectivity index (χ3v) is 9.20. The Morgan fingerprint density at radius 2 is 1.32 bits per heavy atom. The molecule has 1 atom stereocenters. The SMILES string of the molecule is Nc1ncc(Oc2ccc(Cl)cc2)c(N2CCCC(CO)C2)n1.OC1CCN(c2nc(N3CCOCC3)ncc2Oc2ccc(Cl)cc2)CC1. The first kappa shape index (κ1) is 35.7. The largest absolute Gasteiger partial charge is 0.452 e. The predicted molar refractivity (Wildman–Crippen MR) is 194 cm³/mol. The molecule has 0 bridgehead atoms. The molecule has 3 saturated heterocycles. The van der Waals surface area contributed by atoms with Crippen LogP contribution in [0.2, 0.25) is 10.0 Å². The van der Waals surface area contributed by atoms with Crippen molar-refractivity contribution >= 4 is 46.7 Å². The number of hydrogen-bond donors (Lipinski definition) is 3. The lowest BCUT2D eigenvalue weighted by Gasteiger charge is -2.33. The summed E-state index contributed by atoms with van der Waals surface area (Å²) in [6.45, 7) is 6.12. The van der Waals surface area contributed by atoms with Crippen LogP contribution in [0, 0.1) is 5.92 Å². The van der Waals surface area contributed by atoms with Gasteiger partial charge >= 0.3 is 0 Å². The minimum Gasteiger partial charge on any atom is -0.452 e. The van der Waals surface area contributed by atoms with E-state index in [4.69, 9.17) is 48.1 Å². The summed E-state index contributed by atoms with van der Waals surface area (Å²) in [4.78, 5) is 24.1. The molecule has 1 unspecified atom stereocenters. The van der Waals surface area contributed by atoms with E-state index in [-0.39, 0.29) is 24.6 Å². The summed E-state index contributed by atoms with van der Waals surface area (Å²) >= 11 is 11.9. The van der Waals surface area contributed by atoms with Gasteiger partial charge in [-0.2, -0.15) is 9.97 Å². The van der Waals surface area contributed by atoms with Crippen LogP contribution in [0.3, 0.4) is 0 Å². The highest BCUT2D eigenvalue weighted by Crippen LogP contribution is 2.35. The van der Waals surface area contributed by atoms with E-state index in [1.54, 1.807) is 48.8 Å². The summed E-state index contributed by atoms with van der Waals surface area (Å²) in [7, 11) is 0. The fraction of sp³-hybridized carbons (Fsp3) is 0.429. The average Bonchev–Trinajstić information content (AvgIpc) is 3.15. The molecule has 0 aliphatic carbocycles. The van der Waals surface area contributed by atoms with Gasteiger partial charge in [-0.15, -0.1) is 0 Å². The molecular weight excluding hydrogens is 683 g/mol. The first-order valence-electron chi connectivity index (χ1n) is 16.8. The molecule has 50 heavy (non-hydrogen) atoms. The highest BCUT2D eigenvalue weighted by molar-refractivity contribution is 6.30. The Morgan fingerprint density at radius 3 is 1.92 bits per heavy atom. The molecule has 0 spiro atoms. The van der Waals surface area contributed by atoms with Crippen LogP contribution in [0.1, 0.15) is 25.7 Å². The fourth-order valence-corrected chi connectivity index (χ4v) is 6.24. The van der Waals surface area contributed by atoms with Gasteiger partial charge < -0.3 is 44.9 Å². The lowest BCUT2D eigenvalue weighted by molar-refractivity contribution is 0.122. The van der Waals surface area contributed by atoms with Gasteiger partial charge in [-0.05, 0) is 80.1 Å². The van der Waals surface area contributed by atoms with E-state index >= 15 is 0 Å². The number of anilines is 4. The molecule has 3 fully saturated rings. The first-order chi connectivity index (χ1) is 24.3. The van der Waals surface area contributed by atoms with Crippen molar-refractivity contribution in [1.82, 2.24) is 19.9 Å². The number of nitrogens with two attached hydrogens (primary N) is 1. The van der Waals surface area contributed by atoms with Crippen molar-refractivity contribution in [2.45, 2.75) is 31.8 Å². The Bertz CT molecular complexity index is 1670. The minimum atomic E-state index is -0.248. The number of hydrogen-bond acceptors (Lipinski definition) is 13. The molecule has 15 heteroatoms. The number of ether oxygens (including phenoxy) is 3. The van der Waals surface area contributed by atoms with Gasteiger partial charge in [-0.1, -0.05) is 23.2 Å². The monoisotopic (exact) mass is 724 g/mol. The Labute approximate surface area is 301 Å². The first-order valence-corrected chi connectivity index (χ1v) is 17.6. The lowest BCUT2D eigenvalue weighted by Crippen LogP contribution is -2.39. The van der Waals surface area contributed by atoms with E-state index in [9.17, 15) is 10.2 Å². The topological polar surface area (TPSA) is 155 Å². The number of nitrogens with zero attached hydrogens (tertiary/aromatic N) is 7. The van der Waals surface area contributed by atoms with Crippen molar-refractivity contribution in [3.63, 3.8) is 0 Å². The molecule has 3 aliphatic rings. The van der Waals surface area contributed by atoms with Crippen molar-refractivity contribution in [3.8, 4) is 23.0 Å². The van der Waals surface area contributed by atoms with E-state index < -0.39 is 0 Å². The number of aliphatic hydroxyl groups excluding tert-OH is 2. The highest BCUT2D eigenvalue weighted by atomic mass is 35.5. The normalized spacial score (nSPS) is 18.3. The number of halogens is 2. The minimum absolute atomic E-state index is 0.171. The van der Waals surface area contributed by atoms with Crippen molar-refractivity contribution in [3.05, 3.63) is 71.0 Å². The molecule has 4 N–H and O–H groups in total. The Balaban J connectivity index is 0.000000175. The number of piperidine rings is 2. The summed E-state index contributed by atoms with van der Waals surface area (Å²) < 4.78 is 17.4. The van der Waals surface area contributed by atoms with Crippen LogP contribution in [-0.2, 0) is 4.74 Å². The number of benzene rings is 2. The Morgan fingerprint density at radius 1 is 0.740 bits per heavy atom. The van der Waals surface area contributed by atoms with Gasteiger partial charge in [0.25, 0.3) is 0 Å². The zero-order valence-electron chi connectivity index (χ0n) is 27.7. The van der Waals surface area contributed by atoms with Gasteiger partial charge in [0.2, 0.25) is 11.9 Å². The number of morpholine rings is 1. The van der Waals surface area contributed by atoms with E-state index in [1.165, 1.54) is 0 Å². The molecule has 0 amide bonds. The second-order valence-electron chi connectivity index (χ2n) is 12.3. The molecule has 266 valence electrons. The summed E-state index contributed by atoms with van der Waals surface area (Å²) in [6, 6.07) is 14.3. The Hall–Kier alpha value is -4.14. The number of aromatic nitrogens is 4. The van der Waals surface area contributed by atoms with Crippen LogP contribution in [0.15, 0.2) is 60.9 Å². The van der Waals surface area contributed by atoms with Crippen LogP contribution in [0.25, 0.3) is 0 Å². The molecule has 7 rings (SSSR count). The number of nitrogen functional groups attached to an aromatic ring is 1. The van der Waals surface area contributed by atoms with Gasteiger partial charge in [0.1, 0.15) is 11.5 Å². The zero-order valence-corrected chi connectivity index (χ0v) is 29.2. The molecule has 2 aromatic carbocycles. The van der Waals surface area contributed by atoms with Crippen molar-refractivity contribution in [1.29, 1.82) is 0 Å². The quantitative estimate of drug-likeness (QED) is 0.212. The van der Waals surface area contributed by atoms with Gasteiger partial charge in [-0.25, -0.2) is 9.97 Å². The van der Waals surface area contributed by atoms with Gasteiger partial charge in [0.05, 0.1) is 31.7 Å². The maximum atomic E-state index is 9.84. The van der Waals surface area contributed by atoms with E-state index in [0.29, 0.717) is 58.0 Å². The third kappa shape index (κ3) is 9.55. The molecule has 4 aromatic rings. The van der Waals surface area contributed by atoms with Crippen molar-refractivity contribution in [2.75, 3.05) is 79.5 Å². The summed E-state index contributed by atoms with van der Waals surface area (Å²) in [5.41, 5.74) is 5.74. The second-order valence-corrected chi connectivity index (χ2v) is 13.2. The van der Waals surface area contributed by atoms with E-state index in [0.717, 1.165) is 70.8 Å². The molecule has 3 aliphatic heterocycles. The number of rotatable bonds is 8. The van der Waals surface area contributed by atoms with Crippen LogP contribution >= 0.6 is 23.2 Å². The fourth-order valence-electron chi connectivity index (χ4n) is 5.98. The maximum absolute atomic E-state index is 9.84. The molecule has 13 nitrogen and oxygen atoms in total. The van der Waals surface area contributed by atoms with E-state index in [1.807, 2.05) is 12.1 Å². The average molecular weight is 726 g/mol. The smallest absolute Gasteiger partial charge is 0.227 e. The summed E-state index contributed by atoms with van der Waals surface area (Å²) in [6.07, 6.45) is 6.51. The standard InChI is InChI=1S/C19H23ClN4O3.C16H19ClN4O2/c20-14-1-3-16(4-2-14)27-17-13-21-19(24-9-11-26-12-10-24)22-18(17)23-7-5-15(25)6-8-23;17-12-3-5-13(6-4-12)23-14-8-19-16(18)20-15(14)21-7-1-2-11(9-21)10-22/h1-4,13,15,25H,5-12H2;3-6,8,11,22H,1-2,7,9-10H2,(H2,18,19,20). The van der Waals surface area contributed by atoms with Crippen molar-refractivity contribution < 1.29 is 24.4 Å². The second kappa shape index (κ2) is 17.2. The molecule has 0 saturated carbocycles. The highest BCUT2D eigenvalue weighted by Gasteiger charge is 2.25. The van der Waals surface area contributed by atoms with Gasteiger partial charge in [0.15, 0.2) is 23.1 Å². The zero-order chi connectivity index (χ0) is 34.9. The lowest BCUT2D eigenvalue weighted by atomic mass is 9.99. The Kier molecular flexibility index (Phi) is 12.3. The molecular formula is C35H42Cl2N8O5. The molecule has 0 radical (unpaired) electrons. The van der Waals surface area contributed by atoms with Crippen LogP contribution < -0.4 is 29.9 Å². The van der Waals surface area contributed by atoms with Crippen LogP contribution in [0.4, 0.5) is 23.5 Å². The van der Waals surface area contributed by atoms with Crippen LogP contribution in [-0.4, -0.2) is 95.3 Å². The van der Waals surface area contributed by atoms with Crippen LogP contribution in [0.5, 0.6) is 23.0 Å². The molecule has 2 aromatic heterocycles. The summed E-state index contributed by atoms with van der Waals surface area (Å²) in [5, 5.41) is 20.6. The predicted octanol–water partition coefficient (Wildman–Crippen LogP) is 5.43. The van der Waals surface area contributed by atoms with Gasteiger partial charge in [-0.3, -0.25) is 0 Å². The van der Waals surface area contributed by atoms with E-state index in [2.05, 4.69) is 29.7 Å². The van der Waals surface area contributed by atoms with Gasteiger partial charge in [0, 0.05) is 55.9 Å². The maximum Gasteiger partial charge on any atom is 0.227 e.